The molecule has 1 fully saturated rings. The highest BCUT2D eigenvalue weighted by Gasteiger charge is 2.36. The zero-order valence-corrected chi connectivity index (χ0v) is 11.0. The van der Waals surface area contributed by atoms with Gasteiger partial charge in [0.05, 0.1) is 29.5 Å². The summed E-state index contributed by atoms with van der Waals surface area (Å²) in [6, 6.07) is 1.47. The number of hydrogen-bond acceptors (Lipinski definition) is 4. The van der Waals surface area contributed by atoms with Crippen LogP contribution in [0.3, 0.4) is 0 Å². The number of halogens is 1. The standard InChI is InChI=1S/C11H14BrNO4/c1-16-8-4-7(6-14)13(5-8)11(15)10-9(12)2-3-17-10/h2-3,7-8,14H,4-6H2,1H3/t7-,8+/m0/s1. The van der Waals surface area contributed by atoms with Gasteiger partial charge in [-0.05, 0) is 28.4 Å². The molecule has 17 heavy (non-hydrogen) atoms. The van der Waals surface area contributed by atoms with Crippen LogP contribution in [0.15, 0.2) is 21.2 Å². The summed E-state index contributed by atoms with van der Waals surface area (Å²) in [5.74, 6) is 0.0423. The average molecular weight is 304 g/mol. The molecule has 94 valence electrons. The molecular formula is C11H14BrNO4. The van der Waals surface area contributed by atoms with Gasteiger partial charge in [0.25, 0.3) is 5.91 Å². The van der Waals surface area contributed by atoms with Crippen molar-refractivity contribution < 1.29 is 19.1 Å². The lowest BCUT2D eigenvalue weighted by Gasteiger charge is -2.21. The van der Waals surface area contributed by atoms with Crippen LogP contribution in [-0.4, -0.2) is 48.3 Å². The number of ether oxygens (including phenoxy) is 1. The summed E-state index contributed by atoms with van der Waals surface area (Å²) < 4.78 is 11.0. The summed E-state index contributed by atoms with van der Waals surface area (Å²) in [4.78, 5) is 13.8. The first-order valence-electron chi connectivity index (χ1n) is 5.35. The fourth-order valence-electron chi connectivity index (χ4n) is 2.04. The topological polar surface area (TPSA) is 62.9 Å². The average Bonchev–Trinajstić information content (AvgIpc) is 2.93. The predicted octanol–water partition coefficient (Wildman–Crippen LogP) is 1.26. The Bertz CT molecular complexity index is 406. The lowest BCUT2D eigenvalue weighted by atomic mass is 10.2. The van der Waals surface area contributed by atoms with E-state index in [0.29, 0.717) is 17.4 Å². The van der Waals surface area contributed by atoms with Crippen LogP contribution in [0.4, 0.5) is 0 Å². The molecule has 1 amide bonds. The number of rotatable bonds is 3. The molecule has 1 aliphatic rings. The van der Waals surface area contributed by atoms with Gasteiger partial charge in [-0.3, -0.25) is 4.79 Å². The van der Waals surface area contributed by atoms with Crippen LogP contribution in [0, 0.1) is 0 Å². The second kappa shape index (κ2) is 5.20. The van der Waals surface area contributed by atoms with Crippen LogP contribution in [0.5, 0.6) is 0 Å². The fraction of sp³-hybridized carbons (Fsp3) is 0.545. The molecule has 1 aliphatic heterocycles. The minimum atomic E-state index is -0.222. The summed E-state index contributed by atoms with van der Waals surface area (Å²) >= 11 is 3.25. The lowest BCUT2D eigenvalue weighted by Crippen LogP contribution is -2.38. The Hall–Kier alpha value is -0.850. The maximum Gasteiger partial charge on any atom is 0.291 e. The van der Waals surface area contributed by atoms with Crippen molar-refractivity contribution in [3.63, 3.8) is 0 Å². The predicted molar refractivity (Wildman–Crippen MR) is 63.7 cm³/mol. The molecule has 0 bridgehead atoms. The van der Waals surface area contributed by atoms with E-state index in [2.05, 4.69) is 15.9 Å². The van der Waals surface area contributed by atoms with E-state index < -0.39 is 0 Å². The number of furan rings is 1. The van der Waals surface area contributed by atoms with Crippen LogP contribution in [-0.2, 0) is 4.74 Å². The third kappa shape index (κ3) is 2.38. The molecule has 1 N–H and O–H groups in total. The van der Waals surface area contributed by atoms with Gasteiger partial charge in [-0.2, -0.15) is 0 Å². The van der Waals surface area contributed by atoms with Crippen molar-refractivity contribution in [2.24, 2.45) is 0 Å². The summed E-state index contributed by atoms with van der Waals surface area (Å²) in [5.41, 5.74) is 0. The summed E-state index contributed by atoms with van der Waals surface area (Å²) in [6.07, 6.45) is 2.08. The number of amides is 1. The molecule has 2 rings (SSSR count). The van der Waals surface area contributed by atoms with Gasteiger partial charge >= 0.3 is 0 Å². The molecule has 0 aliphatic carbocycles. The van der Waals surface area contributed by atoms with Crippen LogP contribution in [0.1, 0.15) is 17.0 Å². The van der Waals surface area contributed by atoms with Gasteiger partial charge in [-0.25, -0.2) is 0 Å². The van der Waals surface area contributed by atoms with Crippen molar-refractivity contribution in [3.8, 4) is 0 Å². The highest BCUT2D eigenvalue weighted by molar-refractivity contribution is 9.10. The number of likely N-dealkylation sites (tertiary alicyclic amines) is 1. The number of hydrogen-bond donors (Lipinski definition) is 1. The molecular weight excluding hydrogens is 290 g/mol. The summed E-state index contributed by atoms with van der Waals surface area (Å²) in [5, 5.41) is 9.27. The molecule has 0 unspecified atom stereocenters. The maximum absolute atomic E-state index is 12.2. The fourth-order valence-corrected chi connectivity index (χ4v) is 2.41. The minimum Gasteiger partial charge on any atom is -0.458 e. The molecule has 0 aromatic carbocycles. The first kappa shape index (κ1) is 12.6. The van der Waals surface area contributed by atoms with Crippen molar-refractivity contribution in [2.45, 2.75) is 18.6 Å². The van der Waals surface area contributed by atoms with Crippen LogP contribution >= 0.6 is 15.9 Å². The molecule has 1 aromatic heterocycles. The van der Waals surface area contributed by atoms with Crippen LogP contribution < -0.4 is 0 Å². The Balaban J connectivity index is 2.16. The molecule has 1 saturated heterocycles. The lowest BCUT2D eigenvalue weighted by molar-refractivity contribution is 0.0616. The maximum atomic E-state index is 12.2. The molecule has 5 nitrogen and oxygen atoms in total. The van der Waals surface area contributed by atoms with Gasteiger partial charge in [-0.1, -0.05) is 0 Å². The van der Waals surface area contributed by atoms with E-state index in [1.165, 1.54) is 6.26 Å². The van der Waals surface area contributed by atoms with E-state index in [1.807, 2.05) is 0 Å². The third-order valence-electron chi connectivity index (χ3n) is 2.99. The van der Waals surface area contributed by atoms with Crippen LogP contribution in [0.2, 0.25) is 0 Å². The highest BCUT2D eigenvalue weighted by Crippen LogP contribution is 2.25. The van der Waals surface area contributed by atoms with E-state index in [0.717, 1.165) is 0 Å². The first-order chi connectivity index (χ1) is 8.17. The zero-order valence-electron chi connectivity index (χ0n) is 9.43. The Labute approximate surface area is 107 Å². The number of nitrogens with zero attached hydrogens (tertiary/aromatic N) is 1. The van der Waals surface area contributed by atoms with Crippen molar-refractivity contribution in [3.05, 3.63) is 22.6 Å². The second-order valence-corrected chi connectivity index (χ2v) is 4.84. The largest absolute Gasteiger partial charge is 0.458 e. The Morgan fingerprint density at radius 1 is 1.76 bits per heavy atom. The summed E-state index contributed by atoms with van der Waals surface area (Å²) in [7, 11) is 1.61. The molecule has 1 aromatic rings. The number of aliphatic hydroxyl groups is 1. The molecule has 0 radical (unpaired) electrons. The van der Waals surface area contributed by atoms with E-state index >= 15 is 0 Å². The second-order valence-electron chi connectivity index (χ2n) is 3.98. The van der Waals surface area contributed by atoms with Gasteiger partial charge in [0, 0.05) is 13.7 Å². The number of carbonyl (C=O) groups excluding carboxylic acids is 1. The molecule has 2 atom stereocenters. The monoisotopic (exact) mass is 303 g/mol. The number of aliphatic hydroxyl groups excluding tert-OH is 1. The van der Waals surface area contributed by atoms with Crippen molar-refractivity contribution in [1.82, 2.24) is 4.90 Å². The van der Waals surface area contributed by atoms with E-state index in [9.17, 15) is 9.90 Å². The number of carbonyl (C=O) groups is 1. The van der Waals surface area contributed by atoms with E-state index in [4.69, 9.17) is 9.15 Å². The van der Waals surface area contributed by atoms with Gasteiger partial charge in [-0.15, -0.1) is 0 Å². The van der Waals surface area contributed by atoms with Gasteiger partial charge < -0.3 is 19.2 Å². The van der Waals surface area contributed by atoms with Gasteiger partial charge in [0.15, 0.2) is 0 Å². The quantitative estimate of drug-likeness (QED) is 0.913. The van der Waals surface area contributed by atoms with E-state index in [1.54, 1.807) is 18.1 Å². The molecule has 6 heteroatoms. The van der Waals surface area contributed by atoms with Crippen molar-refractivity contribution in [1.29, 1.82) is 0 Å². The molecule has 0 spiro atoms. The van der Waals surface area contributed by atoms with Gasteiger partial charge in [0.1, 0.15) is 0 Å². The molecule has 2 heterocycles. The Morgan fingerprint density at radius 3 is 3.06 bits per heavy atom. The Morgan fingerprint density at radius 2 is 2.53 bits per heavy atom. The first-order valence-corrected chi connectivity index (χ1v) is 6.14. The smallest absolute Gasteiger partial charge is 0.291 e. The summed E-state index contributed by atoms with van der Waals surface area (Å²) in [6.45, 7) is 0.414. The Kier molecular flexibility index (Phi) is 3.86. The highest BCUT2D eigenvalue weighted by atomic mass is 79.9. The van der Waals surface area contributed by atoms with Gasteiger partial charge in [0.2, 0.25) is 5.76 Å². The SMILES string of the molecule is CO[C@@H]1C[C@@H](CO)N(C(=O)c2occc2Br)C1. The normalized spacial score (nSPS) is 24.3. The zero-order chi connectivity index (χ0) is 12.4. The van der Waals surface area contributed by atoms with Crippen molar-refractivity contribution >= 4 is 21.8 Å². The van der Waals surface area contributed by atoms with Crippen LogP contribution in [0.25, 0.3) is 0 Å². The van der Waals surface area contributed by atoms with E-state index in [-0.39, 0.29) is 30.4 Å². The van der Waals surface area contributed by atoms with Crippen molar-refractivity contribution in [2.75, 3.05) is 20.3 Å². The third-order valence-corrected chi connectivity index (χ3v) is 3.62. The number of methoxy groups -OCH3 is 1. The minimum absolute atomic E-state index is 0.0233. The molecule has 0 saturated carbocycles.